The number of benzene rings is 1. The Morgan fingerprint density at radius 2 is 1.33 bits per heavy atom. The summed E-state index contributed by atoms with van der Waals surface area (Å²) in [5.74, 6) is 2.22. The van der Waals surface area contributed by atoms with Gasteiger partial charge < -0.3 is 8.85 Å². The minimum atomic E-state index is -3.17. The molecule has 190 valence electrons. The number of hydrogen-bond acceptors (Lipinski definition) is 4. The highest BCUT2D eigenvalue weighted by Gasteiger charge is 2.41. The molecule has 0 radical (unpaired) electrons. The van der Waals surface area contributed by atoms with Crippen LogP contribution in [0.3, 0.4) is 0 Å². The van der Waals surface area contributed by atoms with Gasteiger partial charge in [-0.15, -0.1) is 0 Å². The van der Waals surface area contributed by atoms with Gasteiger partial charge in [0.25, 0.3) is 0 Å². The zero-order valence-electron chi connectivity index (χ0n) is 22.8. The first-order chi connectivity index (χ1) is 14.7. The van der Waals surface area contributed by atoms with Crippen LogP contribution >= 0.6 is 0 Å². The van der Waals surface area contributed by atoms with Crippen LogP contribution in [-0.2, 0) is 10.0 Å². The Balaban J connectivity index is 2.36. The molecular weight excluding hydrogens is 467 g/mol. The van der Waals surface area contributed by atoms with E-state index in [0.29, 0.717) is 5.92 Å². The molecule has 5 nitrogen and oxygen atoms in total. The van der Waals surface area contributed by atoms with Crippen LogP contribution in [0.1, 0.15) is 78.7 Å². The molecule has 1 N–H and O–H groups in total. The van der Waals surface area contributed by atoms with E-state index in [0.717, 1.165) is 37.2 Å². The van der Waals surface area contributed by atoms with E-state index in [2.05, 4.69) is 90.7 Å². The molecule has 0 bridgehead atoms. The summed E-state index contributed by atoms with van der Waals surface area (Å²) in [5.41, 5.74) is 1.24. The number of nitrogens with one attached hydrogen (secondary N) is 1. The molecule has 0 atom stereocenters. The van der Waals surface area contributed by atoms with Crippen molar-refractivity contribution in [1.82, 2.24) is 4.72 Å². The molecule has 8 heteroatoms. The van der Waals surface area contributed by atoms with Crippen LogP contribution in [0.2, 0.25) is 36.3 Å². The molecule has 1 aromatic carbocycles. The molecule has 33 heavy (non-hydrogen) atoms. The predicted molar refractivity (Wildman–Crippen MR) is 145 cm³/mol. The summed E-state index contributed by atoms with van der Waals surface area (Å²) in [6, 6.07) is 6.45. The van der Waals surface area contributed by atoms with Crippen LogP contribution in [0, 0.1) is 0 Å². The van der Waals surface area contributed by atoms with E-state index in [1.165, 1.54) is 11.8 Å². The van der Waals surface area contributed by atoms with E-state index in [-0.39, 0.29) is 16.1 Å². The zero-order valence-corrected chi connectivity index (χ0v) is 25.6. The third kappa shape index (κ3) is 7.57. The Morgan fingerprint density at radius 3 is 1.79 bits per heavy atom. The Kier molecular flexibility index (Phi) is 8.32. The van der Waals surface area contributed by atoms with Gasteiger partial charge in [-0.2, -0.15) is 0 Å². The lowest BCUT2D eigenvalue weighted by Gasteiger charge is -2.39. The molecule has 0 amide bonds. The highest BCUT2D eigenvalue weighted by atomic mass is 32.2. The average Bonchev–Trinajstić information content (AvgIpc) is 2.59. The van der Waals surface area contributed by atoms with Gasteiger partial charge in [-0.3, -0.25) is 0 Å². The van der Waals surface area contributed by atoms with E-state index < -0.39 is 26.7 Å². The molecule has 1 aromatic rings. The summed E-state index contributed by atoms with van der Waals surface area (Å²) in [6.45, 7) is 22.6. The molecule has 1 fully saturated rings. The molecule has 0 aliphatic heterocycles. The van der Waals surface area contributed by atoms with Crippen LogP contribution in [0.25, 0.3) is 0 Å². The van der Waals surface area contributed by atoms with Gasteiger partial charge in [0, 0.05) is 12.1 Å². The molecule has 1 saturated carbocycles. The summed E-state index contributed by atoms with van der Waals surface area (Å²) in [5, 5.41) is 0.217. The van der Waals surface area contributed by atoms with Crippen molar-refractivity contribution in [2.45, 2.75) is 115 Å². The fraction of sp³-hybridized carbons (Fsp3) is 0.760. The lowest BCUT2D eigenvalue weighted by Crippen LogP contribution is -2.44. The maximum atomic E-state index is 11.6. The summed E-state index contributed by atoms with van der Waals surface area (Å²) < 4.78 is 39.5. The lowest BCUT2D eigenvalue weighted by molar-refractivity contribution is 0.367. The van der Waals surface area contributed by atoms with E-state index >= 15 is 0 Å². The predicted octanol–water partition coefficient (Wildman–Crippen LogP) is 7.03. The second kappa shape index (κ2) is 9.67. The molecule has 1 aliphatic rings. The Labute approximate surface area is 205 Å². The SMILES string of the molecule is CC(C)(C)[Si](C)(C)Oc1ccc([C@H]2CC[C@@H](NS(C)(=O)=O)CC2)c(O[Si](C)(C)C(C)(C)C)c1. The number of sulfonamides is 1. The Morgan fingerprint density at radius 1 is 0.848 bits per heavy atom. The van der Waals surface area contributed by atoms with Crippen LogP contribution in [0.15, 0.2) is 18.2 Å². The fourth-order valence-electron chi connectivity index (χ4n) is 3.70. The average molecular weight is 514 g/mol. The molecule has 0 spiro atoms. The van der Waals surface area contributed by atoms with E-state index in [1.54, 1.807) is 0 Å². The molecular formula is C25H47NO4SSi2. The first kappa shape index (κ1) is 28.4. The second-order valence-corrected chi connectivity index (χ2v) is 24.1. The normalized spacial score (nSPS) is 21.1. The van der Waals surface area contributed by atoms with Crippen molar-refractivity contribution in [3.05, 3.63) is 23.8 Å². The van der Waals surface area contributed by atoms with Gasteiger partial charge in [0.2, 0.25) is 26.7 Å². The monoisotopic (exact) mass is 513 g/mol. The highest BCUT2D eigenvalue weighted by Crippen LogP contribution is 2.45. The summed E-state index contributed by atoms with van der Waals surface area (Å²) in [7, 11) is -7.17. The van der Waals surface area contributed by atoms with Gasteiger partial charge in [0.15, 0.2) is 0 Å². The van der Waals surface area contributed by atoms with Crippen LogP contribution in [0.5, 0.6) is 11.5 Å². The van der Waals surface area contributed by atoms with Crippen molar-refractivity contribution in [2.75, 3.05) is 6.26 Å². The van der Waals surface area contributed by atoms with Crippen molar-refractivity contribution < 1.29 is 17.3 Å². The fourth-order valence-corrected chi connectivity index (χ4v) is 6.60. The molecule has 2 rings (SSSR count). The maximum Gasteiger partial charge on any atom is 0.250 e. The van der Waals surface area contributed by atoms with E-state index in [4.69, 9.17) is 8.85 Å². The summed E-state index contributed by atoms with van der Waals surface area (Å²) in [4.78, 5) is 0. The van der Waals surface area contributed by atoms with Crippen molar-refractivity contribution in [1.29, 1.82) is 0 Å². The Hall–Kier alpha value is -0.836. The smallest absolute Gasteiger partial charge is 0.250 e. The van der Waals surface area contributed by atoms with Crippen molar-refractivity contribution in [3.8, 4) is 11.5 Å². The number of hydrogen-bond donors (Lipinski definition) is 1. The molecule has 1 aliphatic carbocycles. The van der Waals surface area contributed by atoms with Gasteiger partial charge in [-0.05, 0) is 79.5 Å². The maximum absolute atomic E-state index is 11.6. The third-order valence-corrected chi connectivity index (χ3v) is 17.3. The van der Waals surface area contributed by atoms with Gasteiger partial charge >= 0.3 is 0 Å². The first-order valence-electron chi connectivity index (χ1n) is 12.2. The second-order valence-electron chi connectivity index (χ2n) is 12.9. The van der Waals surface area contributed by atoms with Gasteiger partial charge in [0.1, 0.15) is 11.5 Å². The minimum absolute atomic E-state index is 0.0298. The third-order valence-electron chi connectivity index (χ3n) is 7.88. The topological polar surface area (TPSA) is 64.6 Å². The quantitative estimate of drug-likeness (QED) is 0.397. The first-order valence-corrected chi connectivity index (χ1v) is 19.9. The van der Waals surface area contributed by atoms with Gasteiger partial charge in [-0.1, -0.05) is 47.6 Å². The minimum Gasteiger partial charge on any atom is -0.543 e. The van der Waals surface area contributed by atoms with Gasteiger partial charge in [-0.25, -0.2) is 13.1 Å². The number of rotatable bonds is 7. The summed E-state index contributed by atoms with van der Waals surface area (Å²) in [6.07, 6.45) is 4.83. The van der Waals surface area contributed by atoms with E-state index in [9.17, 15) is 8.42 Å². The van der Waals surface area contributed by atoms with Crippen LogP contribution in [0.4, 0.5) is 0 Å². The largest absolute Gasteiger partial charge is 0.543 e. The van der Waals surface area contributed by atoms with Crippen LogP contribution in [-0.4, -0.2) is 37.4 Å². The molecule has 0 aromatic heterocycles. The van der Waals surface area contributed by atoms with E-state index in [1.807, 2.05) is 0 Å². The molecule has 0 heterocycles. The van der Waals surface area contributed by atoms with Crippen molar-refractivity contribution >= 4 is 26.7 Å². The van der Waals surface area contributed by atoms with Crippen molar-refractivity contribution in [3.63, 3.8) is 0 Å². The van der Waals surface area contributed by atoms with Crippen molar-refractivity contribution in [2.24, 2.45) is 0 Å². The highest BCUT2D eigenvalue weighted by molar-refractivity contribution is 7.88. The molecule has 0 saturated heterocycles. The van der Waals surface area contributed by atoms with Crippen LogP contribution < -0.4 is 13.6 Å². The van der Waals surface area contributed by atoms with Gasteiger partial charge in [0.05, 0.1) is 6.26 Å². The zero-order chi connectivity index (χ0) is 25.5. The standard InChI is InChI=1S/C25H47NO4SSi2/c1-24(2,3)32(8,9)29-21-16-17-22(23(18-21)30-33(10,11)25(4,5)6)19-12-14-20(15-13-19)26-31(7,27)28/h16-20,26H,12-15H2,1-11H3/t19-,20+. The summed E-state index contributed by atoms with van der Waals surface area (Å²) >= 11 is 0. The Bertz CT molecular complexity index is 923. The molecule has 0 unspecified atom stereocenters. The lowest BCUT2D eigenvalue weighted by atomic mass is 9.81.